The first-order valence-corrected chi connectivity index (χ1v) is 6.20. The van der Waals surface area contributed by atoms with Crippen LogP contribution in [0.15, 0.2) is 36.7 Å². The minimum absolute atomic E-state index is 0.306. The topological polar surface area (TPSA) is 50.9 Å². The SMILES string of the molecule is NC(=S)c1ccncc1Nc1ccc(Cl)c(Cl)c1. The Bertz CT molecular complexity index is 602. The maximum Gasteiger partial charge on any atom is 0.106 e. The Kier molecular flexibility index (Phi) is 4.01. The van der Waals surface area contributed by atoms with Gasteiger partial charge in [-0.1, -0.05) is 35.4 Å². The fourth-order valence-electron chi connectivity index (χ4n) is 1.44. The third kappa shape index (κ3) is 2.90. The quantitative estimate of drug-likeness (QED) is 0.847. The Labute approximate surface area is 120 Å². The van der Waals surface area contributed by atoms with Crippen molar-refractivity contribution >= 4 is 51.8 Å². The number of pyridine rings is 1. The molecule has 0 aliphatic carbocycles. The van der Waals surface area contributed by atoms with E-state index in [4.69, 9.17) is 41.2 Å². The highest BCUT2D eigenvalue weighted by atomic mass is 35.5. The zero-order chi connectivity index (χ0) is 13.1. The van der Waals surface area contributed by atoms with E-state index in [9.17, 15) is 0 Å². The maximum atomic E-state index is 5.94. The first kappa shape index (κ1) is 13.1. The third-order valence-electron chi connectivity index (χ3n) is 2.29. The van der Waals surface area contributed by atoms with Crippen LogP contribution in [-0.2, 0) is 0 Å². The van der Waals surface area contributed by atoms with Crippen molar-refractivity contribution in [3.8, 4) is 0 Å². The van der Waals surface area contributed by atoms with Crippen molar-refractivity contribution in [2.75, 3.05) is 5.32 Å². The molecule has 3 nitrogen and oxygen atoms in total. The monoisotopic (exact) mass is 297 g/mol. The van der Waals surface area contributed by atoms with Gasteiger partial charge in [0.1, 0.15) is 4.99 Å². The van der Waals surface area contributed by atoms with Crippen molar-refractivity contribution in [3.63, 3.8) is 0 Å². The molecule has 0 saturated carbocycles. The molecule has 18 heavy (non-hydrogen) atoms. The van der Waals surface area contributed by atoms with Crippen molar-refractivity contribution in [2.45, 2.75) is 0 Å². The van der Waals surface area contributed by atoms with Gasteiger partial charge in [-0.25, -0.2) is 0 Å². The van der Waals surface area contributed by atoms with Gasteiger partial charge in [-0.2, -0.15) is 0 Å². The van der Waals surface area contributed by atoms with Crippen LogP contribution in [0.5, 0.6) is 0 Å². The first-order valence-electron chi connectivity index (χ1n) is 5.04. The van der Waals surface area contributed by atoms with Gasteiger partial charge in [0.15, 0.2) is 0 Å². The van der Waals surface area contributed by atoms with Crippen molar-refractivity contribution in [3.05, 3.63) is 52.3 Å². The number of aromatic nitrogens is 1. The molecule has 0 radical (unpaired) electrons. The molecular weight excluding hydrogens is 289 g/mol. The lowest BCUT2D eigenvalue weighted by atomic mass is 10.2. The van der Waals surface area contributed by atoms with E-state index in [0.717, 1.165) is 16.9 Å². The van der Waals surface area contributed by atoms with Gasteiger partial charge >= 0.3 is 0 Å². The van der Waals surface area contributed by atoms with E-state index in [-0.39, 0.29) is 0 Å². The second-order valence-electron chi connectivity index (χ2n) is 3.54. The lowest BCUT2D eigenvalue weighted by molar-refractivity contribution is 1.31. The van der Waals surface area contributed by atoms with E-state index in [2.05, 4.69) is 10.3 Å². The van der Waals surface area contributed by atoms with E-state index in [1.54, 1.807) is 30.6 Å². The second kappa shape index (κ2) is 5.52. The molecule has 92 valence electrons. The highest BCUT2D eigenvalue weighted by Gasteiger charge is 2.06. The van der Waals surface area contributed by atoms with Crippen LogP contribution < -0.4 is 11.1 Å². The van der Waals surface area contributed by atoms with Crippen LogP contribution in [-0.4, -0.2) is 9.97 Å². The number of hydrogen-bond donors (Lipinski definition) is 2. The van der Waals surface area contributed by atoms with E-state index in [1.165, 1.54) is 0 Å². The molecule has 3 N–H and O–H groups in total. The second-order valence-corrected chi connectivity index (χ2v) is 4.79. The summed E-state index contributed by atoms with van der Waals surface area (Å²) in [7, 11) is 0. The van der Waals surface area contributed by atoms with Crippen molar-refractivity contribution < 1.29 is 0 Å². The molecule has 2 rings (SSSR count). The Morgan fingerprint density at radius 2 is 2.00 bits per heavy atom. The maximum absolute atomic E-state index is 5.94. The number of nitrogens with one attached hydrogen (secondary N) is 1. The molecule has 0 aliphatic rings. The van der Waals surface area contributed by atoms with Crippen LogP contribution in [0.25, 0.3) is 0 Å². The van der Waals surface area contributed by atoms with Crippen LogP contribution in [0.4, 0.5) is 11.4 Å². The fourth-order valence-corrected chi connectivity index (χ4v) is 1.91. The minimum atomic E-state index is 0.306. The minimum Gasteiger partial charge on any atom is -0.389 e. The molecule has 0 spiro atoms. The molecular formula is C12H9Cl2N3S. The average molecular weight is 298 g/mol. The van der Waals surface area contributed by atoms with Gasteiger partial charge in [0.05, 0.1) is 21.9 Å². The number of halogens is 2. The van der Waals surface area contributed by atoms with E-state index in [0.29, 0.717) is 15.0 Å². The number of thiocarbonyl (C=S) groups is 1. The van der Waals surface area contributed by atoms with Crippen molar-refractivity contribution in [2.24, 2.45) is 5.73 Å². The summed E-state index contributed by atoms with van der Waals surface area (Å²) < 4.78 is 0. The number of rotatable bonds is 3. The Hall–Kier alpha value is -1.36. The Balaban J connectivity index is 2.34. The van der Waals surface area contributed by atoms with Gasteiger partial charge in [-0.05, 0) is 24.3 Å². The number of nitrogens with zero attached hydrogens (tertiary/aromatic N) is 1. The molecule has 1 heterocycles. The lowest BCUT2D eigenvalue weighted by Gasteiger charge is -2.11. The van der Waals surface area contributed by atoms with Gasteiger partial charge < -0.3 is 11.1 Å². The van der Waals surface area contributed by atoms with Crippen molar-refractivity contribution in [1.82, 2.24) is 4.98 Å². The molecule has 0 unspecified atom stereocenters. The number of benzene rings is 1. The molecule has 0 fully saturated rings. The molecule has 0 amide bonds. The summed E-state index contributed by atoms with van der Waals surface area (Å²) in [5.74, 6) is 0. The number of anilines is 2. The van der Waals surface area contributed by atoms with Gasteiger partial charge in [0, 0.05) is 17.4 Å². The molecule has 0 saturated heterocycles. The van der Waals surface area contributed by atoms with E-state index in [1.807, 2.05) is 6.07 Å². The van der Waals surface area contributed by atoms with Crippen LogP contribution >= 0.6 is 35.4 Å². The summed E-state index contributed by atoms with van der Waals surface area (Å²) in [6.45, 7) is 0. The van der Waals surface area contributed by atoms with Gasteiger partial charge in [0.2, 0.25) is 0 Å². The summed E-state index contributed by atoms with van der Waals surface area (Å²) in [6.07, 6.45) is 3.28. The standard InChI is InChI=1S/C12H9Cl2N3S/c13-9-2-1-7(5-10(9)14)17-11-6-16-4-3-8(11)12(15)18/h1-6,17H,(H2,15,18). The number of nitrogens with two attached hydrogens (primary N) is 1. The van der Waals surface area contributed by atoms with Crippen LogP contribution in [0.2, 0.25) is 10.0 Å². The van der Waals surface area contributed by atoms with Crippen LogP contribution in [0.3, 0.4) is 0 Å². The molecule has 1 aromatic heterocycles. The summed E-state index contributed by atoms with van der Waals surface area (Å²) >= 11 is 16.8. The fraction of sp³-hybridized carbons (Fsp3) is 0. The van der Waals surface area contributed by atoms with E-state index >= 15 is 0 Å². The highest BCUT2D eigenvalue weighted by Crippen LogP contribution is 2.27. The molecule has 0 atom stereocenters. The van der Waals surface area contributed by atoms with E-state index < -0.39 is 0 Å². The smallest absolute Gasteiger partial charge is 0.106 e. The summed E-state index contributed by atoms with van der Waals surface area (Å²) in [4.78, 5) is 4.33. The zero-order valence-electron chi connectivity index (χ0n) is 9.15. The predicted molar refractivity (Wildman–Crippen MR) is 79.9 cm³/mol. The number of hydrogen-bond acceptors (Lipinski definition) is 3. The first-order chi connectivity index (χ1) is 8.58. The summed E-state index contributed by atoms with van der Waals surface area (Å²) in [6, 6.07) is 7.00. The predicted octanol–water partition coefficient (Wildman–Crippen LogP) is 3.77. The van der Waals surface area contributed by atoms with Gasteiger partial charge in [-0.3, -0.25) is 4.98 Å². The Morgan fingerprint density at radius 1 is 1.22 bits per heavy atom. The largest absolute Gasteiger partial charge is 0.389 e. The molecule has 0 aliphatic heterocycles. The summed E-state index contributed by atoms with van der Waals surface area (Å²) in [5.41, 5.74) is 7.88. The molecule has 0 bridgehead atoms. The average Bonchev–Trinajstić information content (AvgIpc) is 2.34. The molecule has 1 aromatic carbocycles. The highest BCUT2D eigenvalue weighted by molar-refractivity contribution is 7.80. The Morgan fingerprint density at radius 3 is 2.67 bits per heavy atom. The van der Waals surface area contributed by atoms with Crippen LogP contribution in [0.1, 0.15) is 5.56 Å². The van der Waals surface area contributed by atoms with Crippen molar-refractivity contribution in [1.29, 1.82) is 0 Å². The summed E-state index contributed by atoms with van der Waals surface area (Å²) in [5, 5.41) is 4.13. The third-order valence-corrected chi connectivity index (χ3v) is 3.24. The van der Waals surface area contributed by atoms with Gasteiger partial charge in [0.25, 0.3) is 0 Å². The molecule has 2 aromatic rings. The van der Waals surface area contributed by atoms with Gasteiger partial charge in [-0.15, -0.1) is 0 Å². The van der Waals surface area contributed by atoms with Crippen LogP contribution in [0, 0.1) is 0 Å². The molecule has 6 heteroatoms. The lowest BCUT2D eigenvalue weighted by Crippen LogP contribution is -2.12. The normalized spacial score (nSPS) is 10.1. The zero-order valence-corrected chi connectivity index (χ0v) is 11.5.